The minimum Gasteiger partial charge on any atom is -0.376 e. The second kappa shape index (κ2) is 2.55. The van der Waals surface area contributed by atoms with E-state index in [1.54, 1.807) is 4.90 Å². The predicted molar refractivity (Wildman–Crippen MR) is 36.3 cm³/mol. The molecule has 9 heavy (non-hydrogen) atoms. The monoisotopic (exact) mass is 126 g/mol. The Morgan fingerprint density at radius 2 is 2.56 bits per heavy atom. The van der Waals surface area contributed by atoms with E-state index in [1.807, 2.05) is 25.5 Å². The summed E-state index contributed by atoms with van der Waals surface area (Å²) in [6, 6.07) is 1.90. The van der Waals surface area contributed by atoms with Crippen molar-refractivity contribution in [3.05, 3.63) is 18.5 Å². The molecule has 0 aliphatic heterocycles. The predicted octanol–water partition coefficient (Wildman–Crippen LogP) is 0.401. The molecule has 3 heteroatoms. The first-order chi connectivity index (χ1) is 4.34. The Morgan fingerprint density at radius 3 is 3.00 bits per heavy atom. The van der Waals surface area contributed by atoms with Crippen molar-refractivity contribution in [3.8, 4) is 0 Å². The number of H-pyrrole nitrogens is 1. The van der Waals surface area contributed by atoms with Gasteiger partial charge < -0.3 is 15.0 Å². The van der Waals surface area contributed by atoms with Crippen molar-refractivity contribution in [2.24, 2.45) is 0 Å². The molecule has 0 radical (unpaired) electrons. The van der Waals surface area contributed by atoms with Crippen LogP contribution in [0.2, 0.25) is 0 Å². The SMILES string of the molecule is CN(CO)c1cc[nH]c1. The van der Waals surface area contributed by atoms with Crippen molar-refractivity contribution in [2.45, 2.75) is 0 Å². The minimum absolute atomic E-state index is 0.0534. The number of anilines is 1. The normalized spacial score (nSPS) is 9.56. The zero-order valence-corrected chi connectivity index (χ0v) is 5.33. The Kier molecular flexibility index (Phi) is 1.75. The number of aromatic amines is 1. The van der Waals surface area contributed by atoms with Crippen LogP contribution in [0.15, 0.2) is 18.5 Å². The molecular weight excluding hydrogens is 116 g/mol. The van der Waals surface area contributed by atoms with E-state index < -0.39 is 0 Å². The van der Waals surface area contributed by atoms with Crippen LogP contribution in [0.25, 0.3) is 0 Å². The summed E-state index contributed by atoms with van der Waals surface area (Å²) < 4.78 is 0. The lowest BCUT2D eigenvalue weighted by Crippen LogP contribution is -2.16. The van der Waals surface area contributed by atoms with E-state index in [9.17, 15) is 0 Å². The highest BCUT2D eigenvalue weighted by Crippen LogP contribution is 2.07. The van der Waals surface area contributed by atoms with Crippen molar-refractivity contribution in [1.82, 2.24) is 4.98 Å². The summed E-state index contributed by atoms with van der Waals surface area (Å²) in [4.78, 5) is 4.62. The van der Waals surface area contributed by atoms with Crippen molar-refractivity contribution in [2.75, 3.05) is 18.7 Å². The number of aromatic nitrogens is 1. The number of nitrogens with zero attached hydrogens (tertiary/aromatic N) is 1. The van der Waals surface area contributed by atoms with Gasteiger partial charge in [0.2, 0.25) is 0 Å². The van der Waals surface area contributed by atoms with E-state index in [4.69, 9.17) is 5.11 Å². The smallest absolute Gasteiger partial charge is 0.115 e. The molecule has 1 rings (SSSR count). The van der Waals surface area contributed by atoms with Crippen LogP contribution in [0, 0.1) is 0 Å². The summed E-state index contributed by atoms with van der Waals surface area (Å²) in [6.45, 7) is 0.0534. The molecule has 2 N–H and O–H groups in total. The van der Waals surface area contributed by atoms with Gasteiger partial charge in [0.1, 0.15) is 6.73 Å². The highest BCUT2D eigenvalue weighted by molar-refractivity contribution is 5.42. The van der Waals surface area contributed by atoms with Gasteiger partial charge in [-0.2, -0.15) is 0 Å². The first-order valence-corrected chi connectivity index (χ1v) is 2.79. The van der Waals surface area contributed by atoms with Crippen LogP contribution in [0.1, 0.15) is 0 Å². The molecule has 1 aromatic rings. The molecule has 0 amide bonds. The Morgan fingerprint density at radius 1 is 1.78 bits per heavy atom. The van der Waals surface area contributed by atoms with Crippen LogP contribution in [0.4, 0.5) is 5.69 Å². The molecule has 0 atom stereocenters. The van der Waals surface area contributed by atoms with Crippen molar-refractivity contribution in [3.63, 3.8) is 0 Å². The summed E-state index contributed by atoms with van der Waals surface area (Å²) in [5, 5.41) is 8.62. The van der Waals surface area contributed by atoms with Crippen LogP contribution < -0.4 is 4.90 Å². The van der Waals surface area contributed by atoms with Crippen LogP contribution in [0.3, 0.4) is 0 Å². The van der Waals surface area contributed by atoms with E-state index in [-0.39, 0.29) is 6.73 Å². The van der Waals surface area contributed by atoms with Crippen LogP contribution in [-0.2, 0) is 0 Å². The van der Waals surface area contributed by atoms with Gasteiger partial charge in [0, 0.05) is 19.4 Å². The highest BCUT2D eigenvalue weighted by atomic mass is 16.3. The zero-order chi connectivity index (χ0) is 6.69. The molecule has 0 unspecified atom stereocenters. The lowest BCUT2D eigenvalue weighted by Gasteiger charge is -2.11. The van der Waals surface area contributed by atoms with Crippen LogP contribution in [0.5, 0.6) is 0 Å². The van der Waals surface area contributed by atoms with Crippen molar-refractivity contribution < 1.29 is 5.11 Å². The fourth-order valence-electron chi connectivity index (χ4n) is 0.634. The van der Waals surface area contributed by atoms with Crippen LogP contribution >= 0.6 is 0 Å². The average Bonchev–Trinajstić information content (AvgIpc) is 2.37. The Hall–Kier alpha value is -0.960. The second-order valence-corrected chi connectivity index (χ2v) is 1.91. The van der Waals surface area contributed by atoms with E-state index in [2.05, 4.69) is 4.98 Å². The van der Waals surface area contributed by atoms with E-state index in [0.717, 1.165) is 5.69 Å². The lowest BCUT2D eigenvalue weighted by atomic mass is 10.5. The molecule has 1 aromatic heterocycles. The maximum Gasteiger partial charge on any atom is 0.115 e. The van der Waals surface area contributed by atoms with Gasteiger partial charge in [0.25, 0.3) is 0 Å². The number of aliphatic hydroxyl groups is 1. The molecule has 1 heterocycles. The van der Waals surface area contributed by atoms with Gasteiger partial charge in [-0.25, -0.2) is 0 Å². The van der Waals surface area contributed by atoms with Crippen LogP contribution in [-0.4, -0.2) is 23.9 Å². The molecule has 3 nitrogen and oxygen atoms in total. The fourth-order valence-corrected chi connectivity index (χ4v) is 0.634. The van der Waals surface area contributed by atoms with Gasteiger partial charge in [-0.3, -0.25) is 0 Å². The molecule has 0 spiro atoms. The number of aliphatic hydroxyl groups excluding tert-OH is 1. The van der Waals surface area contributed by atoms with Gasteiger partial charge in [0.05, 0.1) is 5.69 Å². The average molecular weight is 126 g/mol. The van der Waals surface area contributed by atoms with Gasteiger partial charge in [-0.15, -0.1) is 0 Å². The maximum atomic E-state index is 8.62. The minimum atomic E-state index is 0.0534. The van der Waals surface area contributed by atoms with Gasteiger partial charge >= 0.3 is 0 Å². The van der Waals surface area contributed by atoms with Gasteiger partial charge in [0.15, 0.2) is 0 Å². The fraction of sp³-hybridized carbons (Fsp3) is 0.333. The first-order valence-electron chi connectivity index (χ1n) is 2.79. The summed E-state index contributed by atoms with van der Waals surface area (Å²) in [5.74, 6) is 0. The second-order valence-electron chi connectivity index (χ2n) is 1.91. The molecule has 0 fully saturated rings. The van der Waals surface area contributed by atoms with E-state index >= 15 is 0 Å². The topological polar surface area (TPSA) is 39.3 Å². The zero-order valence-electron chi connectivity index (χ0n) is 5.33. The number of hydrogen-bond acceptors (Lipinski definition) is 2. The van der Waals surface area contributed by atoms with E-state index in [0.29, 0.717) is 0 Å². The number of rotatable bonds is 2. The molecule has 0 saturated heterocycles. The largest absolute Gasteiger partial charge is 0.376 e. The Balaban J connectivity index is 2.65. The third kappa shape index (κ3) is 1.23. The number of hydrogen-bond donors (Lipinski definition) is 2. The van der Waals surface area contributed by atoms with Gasteiger partial charge in [-0.05, 0) is 6.07 Å². The third-order valence-electron chi connectivity index (χ3n) is 1.23. The third-order valence-corrected chi connectivity index (χ3v) is 1.23. The summed E-state index contributed by atoms with van der Waals surface area (Å²) in [5.41, 5.74) is 0.998. The quantitative estimate of drug-likeness (QED) is 0.563. The first kappa shape index (κ1) is 6.16. The summed E-state index contributed by atoms with van der Waals surface area (Å²) in [7, 11) is 1.82. The molecular formula is C6H10N2O. The van der Waals surface area contributed by atoms with Crippen molar-refractivity contribution >= 4 is 5.69 Å². The highest BCUT2D eigenvalue weighted by Gasteiger charge is 1.94. The standard InChI is InChI=1S/C6H10N2O/c1-8(5-9)6-2-3-7-4-6/h2-4,7,9H,5H2,1H3. The maximum absolute atomic E-state index is 8.62. The molecule has 50 valence electrons. The molecule has 0 aliphatic carbocycles. The van der Waals surface area contributed by atoms with Gasteiger partial charge in [-0.1, -0.05) is 0 Å². The van der Waals surface area contributed by atoms with Crippen molar-refractivity contribution in [1.29, 1.82) is 0 Å². The molecule has 0 saturated carbocycles. The molecule has 0 aromatic carbocycles. The summed E-state index contributed by atoms with van der Waals surface area (Å²) >= 11 is 0. The molecule has 0 bridgehead atoms. The van der Waals surface area contributed by atoms with E-state index in [1.165, 1.54) is 0 Å². The number of nitrogens with one attached hydrogen (secondary N) is 1. The summed E-state index contributed by atoms with van der Waals surface area (Å²) in [6.07, 6.45) is 3.65. The lowest BCUT2D eigenvalue weighted by molar-refractivity contribution is 0.298. The molecule has 0 aliphatic rings. The Labute approximate surface area is 53.9 Å². The Bertz CT molecular complexity index is 160.